The van der Waals surface area contributed by atoms with Crippen LogP contribution in [-0.4, -0.2) is 38.3 Å². The predicted octanol–water partition coefficient (Wildman–Crippen LogP) is 4.51. The monoisotopic (exact) mass is 341 g/mol. The lowest BCUT2D eigenvalue weighted by molar-refractivity contribution is 0.424. The highest BCUT2D eigenvalue weighted by atomic mass is 15.3. The molecule has 0 saturated heterocycles. The van der Waals surface area contributed by atoms with E-state index in [2.05, 4.69) is 87.4 Å². The summed E-state index contributed by atoms with van der Waals surface area (Å²) in [6.07, 6.45) is 5.01. The summed E-state index contributed by atoms with van der Waals surface area (Å²) in [5.74, 6) is 0. The van der Waals surface area contributed by atoms with Gasteiger partial charge in [-0.05, 0) is 38.1 Å². The van der Waals surface area contributed by atoms with Gasteiger partial charge >= 0.3 is 6.98 Å². The fourth-order valence-electron chi connectivity index (χ4n) is 4.68. The summed E-state index contributed by atoms with van der Waals surface area (Å²) in [5.41, 5.74) is 3.12. The van der Waals surface area contributed by atoms with Gasteiger partial charge in [0.15, 0.2) is 0 Å². The van der Waals surface area contributed by atoms with Crippen molar-refractivity contribution >= 4 is 19.7 Å². The first-order chi connectivity index (χ1) is 11.9. The van der Waals surface area contributed by atoms with Gasteiger partial charge in [-0.3, -0.25) is 0 Å². The Labute approximate surface area is 156 Å². The maximum absolute atomic E-state index is 3.47. The van der Waals surface area contributed by atoms with Crippen molar-refractivity contribution in [3.8, 4) is 0 Å². The fourth-order valence-corrected chi connectivity index (χ4v) is 4.68. The molecule has 0 amide bonds. The molecule has 1 aliphatic rings. The highest BCUT2D eigenvalue weighted by Crippen LogP contribution is 2.46. The van der Waals surface area contributed by atoms with Crippen molar-refractivity contribution in [1.29, 1.82) is 0 Å². The third-order valence-corrected chi connectivity index (χ3v) is 6.25. The molecule has 5 heteroatoms. The Morgan fingerprint density at radius 1 is 1.16 bits per heavy atom. The molecule has 0 fully saturated rings. The van der Waals surface area contributed by atoms with E-state index in [0.717, 1.165) is 6.54 Å². The number of rotatable bonds is 9. The Morgan fingerprint density at radius 2 is 1.84 bits per heavy atom. The van der Waals surface area contributed by atoms with Crippen LogP contribution in [0.3, 0.4) is 0 Å². The second-order valence-corrected chi connectivity index (χ2v) is 8.11. The van der Waals surface area contributed by atoms with Crippen LogP contribution in [0.25, 0.3) is 0 Å². The quantitative estimate of drug-likeness (QED) is 0.527. The van der Waals surface area contributed by atoms with Crippen LogP contribution in [-0.2, 0) is 5.41 Å². The lowest BCUT2D eigenvalue weighted by Gasteiger charge is -2.42. The van der Waals surface area contributed by atoms with Crippen molar-refractivity contribution in [3.05, 3.63) is 29.8 Å². The minimum Gasteiger partial charge on any atom is -0.398 e. The smallest absolute Gasteiger partial charge is 0.329 e. The number of anilines is 1. The van der Waals surface area contributed by atoms with Gasteiger partial charge in [-0.25, -0.2) is 0 Å². The number of fused-ring (bicyclic) bond motifs is 1. The zero-order valence-electron chi connectivity index (χ0n) is 17.5. The van der Waals surface area contributed by atoms with Crippen molar-refractivity contribution in [2.45, 2.75) is 78.5 Å². The van der Waals surface area contributed by atoms with Crippen LogP contribution in [0, 0.1) is 0 Å². The molecule has 0 aromatic heterocycles. The molecular formula is C20H37B2N3. The number of unbranched alkanes of at least 4 members (excludes halogenated alkanes) is 2. The van der Waals surface area contributed by atoms with Gasteiger partial charge in [0, 0.05) is 17.1 Å². The summed E-state index contributed by atoms with van der Waals surface area (Å²) < 4.78 is 2.64. The lowest BCUT2D eigenvalue weighted by Crippen LogP contribution is -2.62. The van der Waals surface area contributed by atoms with Gasteiger partial charge in [0.1, 0.15) is 0 Å². The van der Waals surface area contributed by atoms with Crippen LogP contribution >= 0.6 is 0 Å². The van der Waals surface area contributed by atoms with Crippen LogP contribution in [0.2, 0.25) is 13.6 Å². The minimum atomic E-state index is 0.192. The van der Waals surface area contributed by atoms with E-state index >= 15 is 0 Å². The molecule has 1 aliphatic heterocycles. The molecule has 2 rings (SSSR count). The Kier molecular flexibility index (Phi) is 7.04. The molecule has 1 aromatic carbocycles. The van der Waals surface area contributed by atoms with Crippen LogP contribution in [0.4, 0.5) is 5.69 Å². The van der Waals surface area contributed by atoms with E-state index in [-0.39, 0.29) is 5.41 Å². The molecule has 3 nitrogen and oxygen atoms in total. The number of para-hydroxylation sites is 1. The molecule has 0 saturated carbocycles. The maximum atomic E-state index is 3.47. The average Bonchev–Trinajstić information content (AvgIpc) is 2.84. The van der Waals surface area contributed by atoms with Crippen LogP contribution in [0.5, 0.6) is 0 Å². The van der Waals surface area contributed by atoms with Gasteiger partial charge in [-0.1, -0.05) is 72.4 Å². The van der Waals surface area contributed by atoms with Gasteiger partial charge in [0.25, 0.3) is 6.98 Å². The predicted molar refractivity (Wildman–Crippen MR) is 115 cm³/mol. The molecule has 1 N–H and O–H groups in total. The molecule has 138 valence electrons. The van der Waals surface area contributed by atoms with E-state index in [1.165, 1.54) is 36.9 Å². The van der Waals surface area contributed by atoms with Crippen molar-refractivity contribution in [1.82, 2.24) is 9.95 Å². The summed E-state index contributed by atoms with van der Waals surface area (Å²) in [7, 11) is 2.07. The van der Waals surface area contributed by atoms with E-state index in [1.807, 2.05) is 0 Å². The number of benzene rings is 1. The molecule has 1 aromatic rings. The number of hydrogen-bond acceptors (Lipinski definition) is 3. The molecule has 25 heavy (non-hydrogen) atoms. The van der Waals surface area contributed by atoms with Gasteiger partial charge in [-0.15, -0.1) is 0 Å². The normalized spacial score (nSPS) is 18.6. The highest BCUT2D eigenvalue weighted by Gasteiger charge is 2.47. The van der Waals surface area contributed by atoms with E-state index in [1.54, 1.807) is 0 Å². The molecule has 0 spiro atoms. The summed E-state index contributed by atoms with van der Waals surface area (Å²) >= 11 is 0. The Hall–Kier alpha value is -0.930. The van der Waals surface area contributed by atoms with Crippen molar-refractivity contribution in [3.63, 3.8) is 0 Å². The Morgan fingerprint density at radius 3 is 2.44 bits per heavy atom. The minimum absolute atomic E-state index is 0.192. The third kappa shape index (κ3) is 3.93. The van der Waals surface area contributed by atoms with Gasteiger partial charge in [0.2, 0.25) is 0 Å². The molecular weight excluding hydrogens is 304 g/mol. The lowest BCUT2D eigenvalue weighted by atomic mass is 9.60. The maximum Gasteiger partial charge on any atom is 0.329 e. The van der Waals surface area contributed by atoms with Crippen LogP contribution in [0.15, 0.2) is 24.3 Å². The first-order valence-electron chi connectivity index (χ1n) is 10.2. The summed E-state index contributed by atoms with van der Waals surface area (Å²) in [4.78, 5) is 2.69. The Balaban J connectivity index is 2.35. The van der Waals surface area contributed by atoms with Crippen LogP contribution < -0.4 is 10.0 Å². The average molecular weight is 341 g/mol. The van der Waals surface area contributed by atoms with Crippen molar-refractivity contribution in [2.75, 3.05) is 18.4 Å². The number of nitrogens with one attached hydrogen (secondary N) is 1. The molecule has 1 unspecified atom stereocenters. The summed E-state index contributed by atoms with van der Waals surface area (Å²) in [6, 6.07) is 9.56. The second kappa shape index (κ2) is 8.64. The van der Waals surface area contributed by atoms with Crippen molar-refractivity contribution < 1.29 is 0 Å². The first-order valence-corrected chi connectivity index (χ1v) is 10.2. The van der Waals surface area contributed by atoms with Gasteiger partial charge in [0.05, 0.1) is 0 Å². The van der Waals surface area contributed by atoms with Crippen LogP contribution in [0.1, 0.15) is 58.9 Å². The molecule has 0 radical (unpaired) electrons. The number of hydrogen-bond donors (Lipinski definition) is 1. The standard InChI is InChI=1S/C20H37B2N3/c1-8-10-13-16-24(21(5)23-7)22(6)25-18-15-12-11-14-17(18)20(3,4)19(25)9-2/h11-12,14-15,19,23H,8-10,13,16H2,1-7H3. The van der Waals surface area contributed by atoms with Crippen molar-refractivity contribution in [2.24, 2.45) is 0 Å². The Bertz CT molecular complexity index is 549. The molecule has 1 heterocycles. The summed E-state index contributed by atoms with van der Waals surface area (Å²) in [5, 5.41) is 3.47. The summed E-state index contributed by atoms with van der Waals surface area (Å²) in [6.45, 7) is 16.0. The van der Waals surface area contributed by atoms with Gasteiger partial charge in [-0.2, -0.15) is 0 Å². The van der Waals surface area contributed by atoms with E-state index in [9.17, 15) is 0 Å². The number of nitrogens with zero attached hydrogens (tertiary/aromatic N) is 2. The molecule has 0 bridgehead atoms. The van der Waals surface area contributed by atoms with E-state index in [4.69, 9.17) is 0 Å². The topological polar surface area (TPSA) is 18.5 Å². The second-order valence-electron chi connectivity index (χ2n) is 8.11. The van der Waals surface area contributed by atoms with E-state index < -0.39 is 0 Å². The van der Waals surface area contributed by atoms with Gasteiger partial charge < -0.3 is 14.8 Å². The SMILES string of the molecule is CCCCCN(B(C)NC)B(C)N1c2ccccc2C(C)(C)C1CC. The molecule has 0 aliphatic carbocycles. The third-order valence-electron chi connectivity index (χ3n) is 6.25. The fraction of sp³-hybridized carbons (Fsp3) is 0.700. The highest BCUT2D eigenvalue weighted by molar-refractivity contribution is 6.72. The van der Waals surface area contributed by atoms with E-state index in [0.29, 0.717) is 20.0 Å². The zero-order chi connectivity index (χ0) is 18.6. The zero-order valence-corrected chi connectivity index (χ0v) is 17.5. The molecule has 1 atom stereocenters. The largest absolute Gasteiger partial charge is 0.398 e. The first kappa shape index (κ1) is 20.4.